The minimum absolute atomic E-state index is 0.0137. The smallest absolute Gasteiger partial charge is 0.376 e. The molecule has 3 aromatic heterocycles. The fraction of sp³-hybridized carbons (Fsp3) is 0.0500. The van der Waals surface area contributed by atoms with Crippen molar-refractivity contribution in [1.29, 1.82) is 0 Å². The average Bonchev–Trinajstić information content (AvgIpc) is 2.74. The highest BCUT2D eigenvalue weighted by atomic mass is 19.1. The zero-order valence-electron chi connectivity index (χ0n) is 15.4. The third-order valence-corrected chi connectivity index (χ3v) is 4.21. The van der Waals surface area contributed by atoms with Gasteiger partial charge in [0.1, 0.15) is 11.4 Å². The van der Waals surface area contributed by atoms with Crippen molar-refractivity contribution >= 4 is 17.2 Å². The number of ether oxygens (including phenoxy) is 1. The van der Waals surface area contributed by atoms with Crippen LogP contribution in [0.2, 0.25) is 0 Å². The van der Waals surface area contributed by atoms with Gasteiger partial charge in [-0.3, -0.25) is 24.3 Å². The van der Waals surface area contributed by atoms with E-state index in [9.17, 15) is 19.3 Å². The van der Waals surface area contributed by atoms with E-state index >= 15 is 0 Å². The summed E-state index contributed by atoms with van der Waals surface area (Å²) in [4.78, 5) is 31.1. The molecule has 0 aliphatic heterocycles. The average molecular weight is 407 g/mol. The van der Waals surface area contributed by atoms with Crippen LogP contribution in [0.5, 0.6) is 11.5 Å². The molecule has 0 saturated carbocycles. The summed E-state index contributed by atoms with van der Waals surface area (Å²) in [5, 5.41) is 14.2. The van der Waals surface area contributed by atoms with Gasteiger partial charge in [0.25, 0.3) is 0 Å². The van der Waals surface area contributed by atoms with Gasteiger partial charge in [-0.05, 0) is 42.0 Å². The molecule has 9 nitrogen and oxygen atoms in total. The molecule has 150 valence electrons. The Hall–Kier alpha value is -4.34. The van der Waals surface area contributed by atoms with Crippen LogP contribution in [0, 0.1) is 15.9 Å². The third-order valence-electron chi connectivity index (χ3n) is 4.21. The molecule has 0 bridgehead atoms. The minimum atomic E-state index is -0.806. The van der Waals surface area contributed by atoms with Crippen LogP contribution in [0.25, 0.3) is 5.65 Å². The van der Waals surface area contributed by atoms with Crippen LogP contribution >= 0.6 is 0 Å². The maximum atomic E-state index is 14.4. The predicted octanol–water partition coefficient (Wildman–Crippen LogP) is 3.54. The van der Waals surface area contributed by atoms with Gasteiger partial charge in [0.15, 0.2) is 11.6 Å². The number of nitro groups is 1. The number of halogens is 1. The summed E-state index contributed by atoms with van der Waals surface area (Å²) < 4.78 is 20.9. The van der Waals surface area contributed by atoms with Crippen molar-refractivity contribution in [1.82, 2.24) is 14.4 Å². The summed E-state index contributed by atoms with van der Waals surface area (Å²) >= 11 is 0. The number of anilines is 1. The fourth-order valence-corrected chi connectivity index (χ4v) is 2.82. The van der Waals surface area contributed by atoms with Crippen LogP contribution < -0.4 is 15.6 Å². The number of nitrogens with zero attached hydrogens (tertiary/aromatic N) is 4. The molecule has 1 N–H and O–H groups in total. The van der Waals surface area contributed by atoms with Crippen LogP contribution in [-0.4, -0.2) is 19.3 Å². The number of rotatable bonds is 6. The molecule has 0 spiro atoms. The largest absolute Gasteiger partial charge is 0.453 e. The van der Waals surface area contributed by atoms with E-state index < -0.39 is 22.0 Å². The van der Waals surface area contributed by atoms with Crippen molar-refractivity contribution in [2.24, 2.45) is 0 Å². The van der Waals surface area contributed by atoms with Gasteiger partial charge < -0.3 is 10.1 Å². The Morgan fingerprint density at radius 2 is 2.07 bits per heavy atom. The van der Waals surface area contributed by atoms with Gasteiger partial charge >= 0.3 is 11.2 Å². The molecule has 3 heterocycles. The molecule has 0 amide bonds. The SMILES string of the molecule is O=c1c([N+](=O)[O-])c(NCc2ccc(Oc3cccnc3)c(F)c2)nc2ccccn12. The summed E-state index contributed by atoms with van der Waals surface area (Å²) in [5.41, 5.74) is -0.757. The molecule has 10 heteroatoms. The number of fused-ring (bicyclic) bond motifs is 1. The summed E-state index contributed by atoms with van der Waals surface area (Å²) in [7, 11) is 0. The highest BCUT2D eigenvalue weighted by molar-refractivity contribution is 5.60. The number of nitrogens with one attached hydrogen (secondary N) is 1. The van der Waals surface area contributed by atoms with Gasteiger partial charge in [-0.15, -0.1) is 0 Å². The topological polar surface area (TPSA) is 112 Å². The molecular weight excluding hydrogens is 393 g/mol. The van der Waals surface area contributed by atoms with Gasteiger partial charge in [-0.1, -0.05) is 12.1 Å². The first kappa shape index (κ1) is 19.0. The molecule has 4 rings (SSSR count). The van der Waals surface area contributed by atoms with E-state index in [-0.39, 0.29) is 23.8 Å². The lowest BCUT2D eigenvalue weighted by Gasteiger charge is -2.10. The molecule has 30 heavy (non-hydrogen) atoms. The number of aromatic nitrogens is 3. The summed E-state index contributed by atoms with van der Waals surface area (Å²) in [6.45, 7) is 0.0143. The monoisotopic (exact) mass is 407 g/mol. The number of hydrogen-bond acceptors (Lipinski definition) is 7. The molecule has 0 atom stereocenters. The summed E-state index contributed by atoms with van der Waals surface area (Å²) in [6.07, 6.45) is 4.43. The van der Waals surface area contributed by atoms with Crippen LogP contribution in [0.1, 0.15) is 5.56 Å². The maximum absolute atomic E-state index is 14.4. The lowest BCUT2D eigenvalue weighted by atomic mass is 10.2. The Kier molecular flexibility index (Phi) is 5.04. The summed E-state index contributed by atoms with van der Waals surface area (Å²) in [6, 6.07) is 12.4. The Balaban J connectivity index is 1.58. The van der Waals surface area contributed by atoms with E-state index in [0.717, 1.165) is 4.40 Å². The van der Waals surface area contributed by atoms with E-state index in [2.05, 4.69) is 15.3 Å². The molecule has 1 aromatic carbocycles. The molecule has 0 saturated heterocycles. The first-order valence-electron chi connectivity index (χ1n) is 8.79. The van der Waals surface area contributed by atoms with E-state index in [0.29, 0.717) is 11.3 Å². The van der Waals surface area contributed by atoms with E-state index in [1.54, 1.807) is 42.6 Å². The second-order valence-corrected chi connectivity index (χ2v) is 6.21. The quantitative estimate of drug-likeness (QED) is 0.384. The molecule has 0 fully saturated rings. The maximum Gasteiger partial charge on any atom is 0.376 e. The van der Waals surface area contributed by atoms with Crippen molar-refractivity contribution in [3.63, 3.8) is 0 Å². The zero-order valence-corrected chi connectivity index (χ0v) is 15.4. The van der Waals surface area contributed by atoms with Crippen molar-refractivity contribution in [2.45, 2.75) is 6.54 Å². The van der Waals surface area contributed by atoms with Gasteiger partial charge in [-0.25, -0.2) is 9.37 Å². The normalized spacial score (nSPS) is 10.7. The molecule has 0 radical (unpaired) electrons. The van der Waals surface area contributed by atoms with Crippen LogP contribution in [0.3, 0.4) is 0 Å². The van der Waals surface area contributed by atoms with Crippen molar-refractivity contribution in [3.05, 3.63) is 99.0 Å². The Morgan fingerprint density at radius 3 is 2.80 bits per heavy atom. The molecule has 0 aliphatic carbocycles. The number of benzene rings is 1. The zero-order chi connectivity index (χ0) is 21.1. The van der Waals surface area contributed by atoms with E-state index in [1.165, 1.54) is 24.5 Å². The molecular formula is C20H14FN5O4. The second kappa shape index (κ2) is 7.95. The minimum Gasteiger partial charge on any atom is -0.453 e. The van der Waals surface area contributed by atoms with Crippen molar-refractivity contribution in [2.75, 3.05) is 5.32 Å². The lowest BCUT2D eigenvalue weighted by molar-refractivity contribution is -0.385. The van der Waals surface area contributed by atoms with Crippen LogP contribution in [0.4, 0.5) is 15.9 Å². The van der Waals surface area contributed by atoms with Gasteiger partial charge in [-0.2, -0.15) is 0 Å². The molecule has 0 aliphatic rings. The fourth-order valence-electron chi connectivity index (χ4n) is 2.82. The Bertz CT molecular complexity index is 1290. The first-order valence-corrected chi connectivity index (χ1v) is 8.79. The number of hydrogen-bond donors (Lipinski definition) is 1. The van der Waals surface area contributed by atoms with E-state index in [1.807, 2.05) is 0 Å². The van der Waals surface area contributed by atoms with Gasteiger partial charge in [0.05, 0.1) is 11.1 Å². The predicted molar refractivity (Wildman–Crippen MR) is 106 cm³/mol. The highest BCUT2D eigenvalue weighted by Crippen LogP contribution is 2.25. The van der Waals surface area contributed by atoms with Gasteiger partial charge in [0.2, 0.25) is 5.82 Å². The van der Waals surface area contributed by atoms with Crippen LogP contribution in [-0.2, 0) is 6.54 Å². The highest BCUT2D eigenvalue weighted by Gasteiger charge is 2.23. The Labute approximate surface area is 168 Å². The second-order valence-electron chi connectivity index (χ2n) is 6.21. The van der Waals surface area contributed by atoms with Gasteiger partial charge in [0, 0.05) is 18.9 Å². The Morgan fingerprint density at radius 1 is 1.20 bits per heavy atom. The molecule has 4 aromatic rings. The van der Waals surface area contributed by atoms with E-state index in [4.69, 9.17) is 4.74 Å². The summed E-state index contributed by atoms with van der Waals surface area (Å²) in [5.74, 6) is -0.398. The standard InChI is InChI=1S/C20H14FN5O4/c21-15-10-13(6-7-16(15)30-14-4-3-8-22-12-14)11-23-19-18(26(28)29)20(27)25-9-2-1-5-17(25)24-19/h1-10,12,23H,11H2. The van der Waals surface area contributed by atoms with Crippen LogP contribution in [0.15, 0.2) is 71.9 Å². The van der Waals surface area contributed by atoms with Crippen molar-refractivity contribution < 1.29 is 14.1 Å². The molecule has 0 unspecified atom stereocenters. The first-order chi connectivity index (χ1) is 14.5. The van der Waals surface area contributed by atoms with Crippen molar-refractivity contribution in [3.8, 4) is 11.5 Å². The third kappa shape index (κ3) is 3.78. The number of pyridine rings is 2. The lowest BCUT2D eigenvalue weighted by Crippen LogP contribution is -2.21.